The lowest BCUT2D eigenvalue weighted by molar-refractivity contribution is 0.590. The Hall–Kier alpha value is -3.09. The normalized spacial score (nSPS) is 11.5. The van der Waals surface area contributed by atoms with Gasteiger partial charge in [-0.05, 0) is 36.8 Å². The highest BCUT2D eigenvalue weighted by molar-refractivity contribution is 5.93. The number of halogens is 1. The van der Waals surface area contributed by atoms with E-state index in [0.29, 0.717) is 34.5 Å². The van der Waals surface area contributed by atoms with Crippen LogP contribution in [0, 0.1) is 5.82 Å². The Balaban J connectivity index is 2.01. The average molecular weight is 351 g/mol. The highest BCUT2D eigenvalue weighted by atomic mass is 19.1. The Morgan fingerprint density at radius 1 is 1.12 bits per heavy atom. The van der Waals surface area contributed by atoms with Gasteiger partial charge in [0.05, 0.1) is 16.6 Å². The molecule has 0 spiro atoms. The second-order valence-electron chi connectivity index (χ2n) is 6.22. The molecule has 4 aromatic rings. The van der Waals surface area contributed by atoms with Gasteiger partial charge in [0.15, 0.2) is 0 Å². The van der Waals surface area contributed by atoms with E-state index >= 15 is 0 Å². The first-order valence-corrected chi connectivity index (χ1v) is 8.68. The standard InChI is InChI=1S/C19H18FN5O/c1-2-3-4-10-24-11-9-15-16(18(24)26)17(13-5-7-14(20)8-6-13)25-19(23-15)21-12-22-25/h5-9,11-12H,2-4,10H2,1H3. The topological polar surface area (TPSA) is 65.1 Å². The molecule has 1 aromatic carbocycles. The SMILES string of the molecule is CCCCCn1ccc2nc3ncnn3c(-c3ccc(F)cc3)c2c1=O. The number of hydrogen-bond donors (Lipinski definition) is 0. The maximum atomic E-state index is 13.4. The molecule has 4 rings (SSSR count). The van der Waals surface area contributed by atoms with Gasteiger partial charge in [-0.15, -0.1) is 0 Å². The van der Waals surface area contributed by atoms with Crippen molar-refractivity contribution in [3.63, 3.8) is 0 Å². The number of fused-ring (bicyclic) bond motifs is 2. The van der Waals surface area contributed by atoms with Crippen LogP contribution in [0.5, 0.6) is 0 Å². The van der Waals surface area contributed by atoms with Gasteiger partial charge in [0.1, 0.15) is 12.1 Å². The Morgan fingerprint density at radius 3 is 2.69 bits per heavy atom. The molecule has 0 saturated carbocycles. The fraction of sp³-hybridized carbons (Fsp3) is 0.263. The fourth-order valence-corrected chi connectivity index (χ4v) is 3.15. The molecular weight excluding hydrogens is 333 g/mol. The molecule has 26 heavy (non-hydrogen) atoms. The fourth-order valence-electron chi connectivity index (χ4n) is 3.15. The number of rotatable bonds is 5. The predicted octanol–water partition coefficient (Wildman–Crippen LogP) is 3.44. The molecule has 3 heterocycles. The van der Waals surface area contributed by atoms with E-state index < -0.39 is 0 Å². The molecule has 132 valence electrons. The molecule has 0 amide bonds. The van der Waals surface area contributed by atoms with Crippen LogP contribution < -0.4 is 5.56 Å². The van der Waals surface area contributed by atoms with Crippen LogP contribution in [0.3, 0.4) is 0 Å². The van der Waals surface area contributed by atoms with Crippen molar-refractivity contribution in [2.75, 3.05) is 0 Å². The minimum Gasteiger partial charge on any atom is -0.315 e. The first-order chi connectivity index (χ1) is 12.7. The lowest BCUT2D eigenvalue weighted by Gasteiger charge is -2.11. The molecular formula is C19H18FN5O. The minimum absolute atomic E-state index is 0.122. The Kier molecular flexibility index (Phi) is 4.20. The quantitative estimate of drug-likeness (QED) is 0.517. The molecule has 0 fully saturated rings. The van der Waals surface area contributed by atoms with Crippen molar-refractivity contribution >= 4 is 16.7 Å². The number of aromatic nitrogens is 5. The Labute approximate surface area is 148 Å². The first kappa shape index (κ1) is 16.4. The highest BCUT2D eigenvalue weighted by Crippen LogP contribution is 2.26. The summed E-state index contributed by atoms with van der Waals surface area (Å²) >= 11 is 0. The molecule has 0 saturated heterocycles. The van der Waals surface area contributed by atoms with Crippen LogP contribution in [0.2, 0.25) is 0 Å². The lowest BCUT2D eigenvalue weighted by atomic mass is 10.1. The molecule has 0 unspecified atom stereocenters. The first-order valence-electron chi connectivity index (χ1n) is 8.68. The van der Waals surface area contributed by atoms with Crippen LogP contribution in [-0.4, -0.2) is 24.1 Å². The zero-order chi connectivity index (χ0) is 18.1. The second-order valence-corrected chi connectivity index (χ2v) is 6.22. The van der Waals surface area contributed by atoms with E-state index in [9.17, 15) is 9.18 Å². The third-order valence-electron chi connectivity index (χ3n) is 4.46. The maximum Gasteiger partial charge on any atom is 0.262 e. The molecule has 0 aliphatic carbocycles. The summed E-state index contributed by atoms with van der Waals surface area (Å²) < 4.78 is 16.6. The van der Waals surface area contributed by atoms with Crippen molar-refractivity contribution in [2.45, 2.75) is 32.7 Å². The van der Waals surface area contributed by atoms with Crippen molar-refractivity contribution in [1.82, 2.24) is 24.1 Å². The van der Waals surface area contributed by atoms with Crippen molar-refractivity contribution < 1.29 is 4.39 Å². The van der Waals surface area contributed by atoms with Gasteiger partial charge in [0, 0.05) is 18.3 Å². The maximum absolute atomic E-state index is 13.4. The van der Waals surface area contributed by atoms with Gasteiger partial charge >= 0.3 is 0 Å². The number of nitrogens with zero attached hydrogens (tertiary/aromatic N) is 5. The van der Waals surface area contributed by atoms with Crippen LogP contribution in [0.1, 0.15) is 26.2 Å². The van der Waals surface area contributed by atoms with Crippen LogP contribution >= 0.6 is 0 Å². The third-order valence-corrected chi connectivity index (χ3v) is 4.46. The summed E-state index contributed by atoms with van der Waals surface area (Å²) in [6.07, 6.45) is 6.26. The monoisotopic (exact) mass is 351 g/mol. The zero-order valence-electron chi connectivity index (χ0n) is 14.4. The highest BCUT2D eigenvalue weighted by Gasteiger charge is 2.17. The molecule has 0 atom stereocenters. The van der Waals surface area contributed by atoms with E-state index in [1.54, 1.807) is 22.9 Å². The molecule has 0 radical (unpaired) electrons. The van der Waals surface area contributed by atoms with Gasteiger partial charge in [-0.1, -0.05) is 19.8 Å². The van der Waals surface area contributed by atoms with Gasteiger partial charge < -0.3 is 4.57 Å². The van der Waals surface area contributed by atoms with Crippen LogP contribution in [0.25, 0.3) is 27.9 Å². The summed E-state index contributed by atoms with van der Waals surface area (Å²) in [6.45, 7) is 2.78. The molecule has 0 aliphatic rings. The van der Waals surface area contributed by atoms with Gasteiger partial charge in [-0.2, -0.15) is 14.6 Å². The van der Waals surface area contributed by atoms with E-state index in [0.717, 1.165) is 19.3 Å². The van der Waals surface area contributed by atoms with Crippen LogP contribution in [-0.2, 0) is 6.54 Å². The number of unbranched alkanes of at least 4 members (excludes halogenated alkanes) is 2. The summed E-state index contributed by atoms with van der Waals surface area (Å²) in [5.74, 6) is 0.0684. The molecule has 0 bridgehead atoms. The lowest BCUT2D eigenvalue weighted by Crippen LogP contribution is -2.21. The molecule has 0 aliphatic heterocycles. The molecule has 6 nitrogen and oxygen atoms in total. The molecule has 0 N–H and O–H groups in total. The van der Waals surface area contributed by atoms with Gasteiger partial charge in [-0.25, -0.2) is 9.37 Å². The van der Waals surface area contributed by atoms with Crippen molar-refractivity contribution in [2.24, 2.45) is 0 Å². The van der Waals surface area contributed by atoms with Crippen molar-refractivity contribution in [3.8, 4) is 11.3 Å². The summed E-state index contributed by atoms with van der Waals surface area (Å²) in [5.41, 5.74) is 1.71. The third kappa shape index (κ3) is 2.75. The number of pyridine rings is 1. The van der Waals surface area contributed by atoms with Gasteiger partial charge in [0.25, 0.3) is 11.3 Å². The van der Waals surface area contributed by atoms with E-state index in [1.807, 2.05) is 6.07 Å². The average Bonchev–Trinajstić information content (AvgIpc) is 3.11. The van der Waals surface area contributed by atoms with E-state index in [1.165, 1.54) is 23.0 Å². The smallest absolute Gasteiger partial charge is 0.262 e. The zero-order valence-corrected chi connectivity index (χ0v) is 14.4. The number of hydrogen-bond acceptors (Lipinski definition) is 4. The predicted molar refractivity (Wildman–Crippen MR) is 97.5 cm³/mol. The summed E-state index contributed by atoms with van der Waals surface area (Å²) in [4.78, 5) is 21.7. The summed E-state index contributed by atoms with van der Waals surface area (Å²) in [7, 11) is 0. The van der Waals surface area contributed by atoms with E-state index in [2.05, 4.69) is 22.0 Å². The van der Waals surface area contributed by atoms with E-state index in [4.69, 9.17) is 0 Å². The van der Waals surface area contributed by atoms with Crippen molar-refractivity contribution in [1.29, 1.82) is 0 Å². The molecule has 3 aromatic heterocycles. The van der Waals surface area contributed by atoms with Crippen molar-refractivity contribution in [3.05, 3.63) is 59.0 Å². The number of aryl methyl sites for hydroxylation is 1. The summed E-state index contributed by atoms with van der Waals surface area (Å²) in [6, 6.07) is 7.84. The van der Waals surface area contributed by atoms with Crippen LogP contribution in [0.4, 0.5) is 4.39 Å². The van der Waals surface area contributed by atoms with Gasteiger partial charge in [0.2, 0.25) is 0 Å². The number of benzene rings is 1. The van der Waals surface area contributed by atoms with Crippen LogP contribution in [0.15, 0.2) is 47.7 Å². The largest absolute Gasteiger partial charge is 0.315 e. The second kappa shape index (κ2) is 6.67. The van der Waals surface area contributed by atoms with E-state index in [-0.39, 0.29) is 11.4 Å². The Bertz CT molecular complexity index is 1130. The Morgan fingerprint density at radius 2 is 1.92 bits per heavy atom. The summed E-state index contributed by atoms with van der Waals surface area (Å²) in [5, 5.41) is 4.68. The van der Waals surface area contributed by atoms with Gasteiger partial charge in [-0.3, -0.25) is 4.79 Å². The molecule has 7 heteroatoms. The minimum atomic E-state index is -0.334.